The summed E-state index contributed by atoms with van der Waals surface area (Å²) < 4.78 is 2.42. The third-order valence-electron chi connectivity index (χ3n) is 3.51. The fraction of sp³-hybridized carbons (Fsp3) is 0.643. The van der Waals surface area contributed by atoms with Crippen LogP contribution in [0.25, 0.3) is 0 Å². The van der Waals surface area contributed by atoms with Gasteiger partial charge in [0.25, 0.3) is 0 Å². The van der Waals surface area contributed by atoms with Crippen LogP contribution < -0.4 is 10.6 Å². The van der Waals surface area contributed by atoms with Gasteiger partial charge in [0.15, 0.2) is 5.96 Å². The Morgan fingerprint density at radius 1 is 1.53 bits per heavy atom. The van der Waals surface area contributed by atoms with Gasteiger partial charge in [-0.15, -0.1) is 0 Å². The summed E-state index contributed by atoms with van der Waals surface area (Å²) in [5.41, 5.74) is 1.27. The molecule has 0 aromatic carbocycles. The molecule has 0 spiro atoms. The van der Waals surface area contributed by atoms with Gasteiger partial charge in [-0.1, -0.05) is 0 Å². The summed E-state index contributed by atoms with van der Waals surface area (Å²) in [5, 5.41) is 6.80. The van der Waals surface area contributed by atoms with Crippen molar-refractivity contribution in [3.63, 3.8) is 0 Å². The summed E-state index contributed by atoms with van der Waals surface area (Å²) in [6, 6.07) is 2.12. The van der Waals surface area contributed by atoms with Crippen LogP contribution in [0.5, 0.6) is 0 Å². The summed E-state index contributed by atoms with van der Waals surface area (Å²) in [6.07, 6.45) is 6.80. The lowest BCUT2D eigenvalue weighted by Crippen LogP contribution is -2.43. The Bertz CT molecular complexity index is 432. The average Bonchev–Trinajstić information content (AvgIpc) is 2.99. The van der Waals surface area contributed by atoms with Crippen LogP contribution in [-0.4, -0.2) is 34.6 Å². The van der Waals surface area contributed by atoms with Crippen molar-refractivity contribution in [1.29, 1.82) is 0 Å². The number of thioether (sulfide) groups is 1. The predicted octanol–water partition coefficient (Wildman–Crippen LogP) is 1.98. The summed E-state index contributed by atoms with van der Waals surface area (Å²) in [5.74, 6) is 2.17. The van der Waals surface area contributed by atoms with Crippen molar-refractivity contribution >= 4 is 17.7 Å². The Morgan fingerprint density at radius 3 is 2.95 bits per heavy atom. The molecule has 1 unspecified atom stereocenters. The molecule has 1 aromatic rings. The molecule has 1 aliphatic heterocycles. The first-order valence-electron chi connectivity index (χ1n) is 6.81. The lowest BCUT2D eigenvalue weighted by atomic mass is 10.1. The standard InChI is InChI=1S/C14H24N4S/c1-14(6-4-8-19-14)11-17-13(15-2)16-9-12-5-7-18(3)10-12/h5,7,10H,4,6,8-9,11H2,1-3H3,(H2,15,16,17). The lowest BCUT2D eigenvalue weighted by Gasteiger charge is -2.24. The Hall–Kier alpha value is -1.10. The number of aryl methyl sites for hydroxylation is 1. The average molecular weight is 280 g/mol. The zero-order valence-electron chi connectivity index (χ0n) is 12.1. The van der Waals surface area contributed by atoms with Crippen molar-refractivity contribution < 1.29 is 0 Å². The van der Waals surface area contributed by atoms with Crippen molar-refractivity contribution in [3.8, 4) is 0 Å². The van der Waals surface area contributed by atoms with Crippen LogP contribution in [-0.2, 0) is 13.6 Å². The van der Waals surface area contributed by atoms with Gasteiger partial charge in [-0.2, -0.15) is 11.8 Å². The summed E-state index contributed by atoms with van der Waals surface area (Å²) in [4.78, 5) is 4.28. The number of guanidine groups is 1. The minimum Gasteiger partial charge on any atom is -0.357 e. The molecular weight excluding hydrogens is 256 g/mol. The van der Waals surface area contributed by atoms with Crippen molar-refractivity contribution in [3.05, 3.63) is 24.0 Å². The highest BCUT2D eigenvalue weighted by Gasteiger charge is 2.29. The number of aromatic nitrogens is 1. The van der Waals surface area contributed by atoms with Crippen molar-refractivity contribution in [2.24, 2.45) is 12.0 Å². The molecule has 1 saturated heterocycles. The molecule has 0 amide bonds. The van der Waals surface area contributed by atoms with E-state index in [1.54, 1.807) is 0 Å². The highest BCUT2D eigenvalue weighted by molar-refractivity contribution is 8.00. The number of hydrogen-bond acceptors (Lipinski definition) is 2. The topological polar surface area (TPSA) is 41.4 Å². The Labute approximate surface area is 120 Å². The van der Waals surface area contributed by atoms with E-state index >= 15 is 0 Å². The number of hydrogen-bond donors (Lipinski definition) is 2. The van der Waals surface area contributed by atoms with E-state index in [0.29, 0.717) is 4.75 Å². The normalized spacial score (nSPS) is 23.6. The maximum Gasteiger partial charge on any atom is 0.191 e. The summed E-state index contributed by atoms with van der Waals surface area (Å²) >= 11 is 2.07. The number of nitrogens with one attached hydrogen (secondary N) is 2. The maximum atomic E-state index is 4.28. The predicted molar refractivity (Wildman–Crippen MR) is 83.7 cm³/mol. The highest BCUT2D eigenvalue weighted by Crippen LogP contribution is 2.36. The van der Waals surface area contributed by atoms with E-state index in [4.69, 9.17) is 0 Å². The van der Waals surface area contributed by atoms with Crippen LogP contribution in [0.3, 0.4) is 0 Å². The van der Waals surface area contributed by atoms with Crippen molar-refractivity contribution in [2.45, 2.75) is 31.1 Å². The second-order valence-electron chi connectivity index (χ2n) is 5.37. The molecule has 1 fully saturated rings. The third-order valence-corrected chi connectivity index (χ3v) is 5.05. The molecule has 0 bridgehead atoms. The van der Waals surface area contributed by atoms with Crippen LogP contribution in [0.1, 0.15) is 25.3 Å². The fourth-order valence-corrected chi connectivity index (χ4v) is 3.56. The first-order chi connectivity index (χ1) is 9.11. The largest absolute Gasteiger partial charge is 0.357 e. The van der Waals surface area contributed by atoms with E-state index in [1.807, 2.05) is 14.1 Å². The summed E-state index contributed by atoms with van der Waals surface area (Å²) in [6.45, 7) is 4.12. The van der Waals surface area contributed by atoms with Gasteiger partial charge in [0.1, 0.15) is 0 Å². The third kappa shape index (κ3) is 4.20. The fourth-order valence-electron chi connectivity index (χ4n) is 2.32. The zero-order chi connectivity index (χ0) is 13.7. The Morgan fingerprint density at radius 2 is 2.37 bits per heavy atom. The van der Waals surface area contributed by atoms with Crippen LogP contribution in [0.4, 0.5) is 0 Å². The summed E-state index contributed by atoms with van der Waals surface area (Å²) in [7, 11) is 3.86. The van der Waals surface area contributed by atoms with Gasteiger partial charge >= 0.3 is 0 Å². The number of aliphatic imine (C=N–C) groups is 1. The van der Waals surface area contributed by atoms with Crippen LogP contribution in [0, 0.1) is 0 Å². The SMILES string of the molecule is CN=C(NCc1ccn(C)c1)NCC1(C)CCCS1. The molecule has 106 valence electrons. The van der Waals surface area contributed by atoms with Crippen molar-refractivity contribution in [2.75, 3.05) is 19.3 Å². The van der Waals surface area contributed by atoms with Gasteiger partial charge < -0.3 is 15.2 Å². The van der Waals surface area contributed by atoms with Crippen LogP contribution in [0.2, 0.25) is 0 Å². The molecular formula is C14H24N4S. The van der Waals surface area contributed by atoms with E-state index in [1.165, 1.54) is 24.2 Å². The van der Waals surface area contributed by atoms with Gasteiger partial charge in [0.2, 0.25) is 0 Å². The second-order valence-corrected chi connectivity index (χ2v) is 7.05. The smallest absolute Gasteiger partial charge is 0.191 e. The molecule has 4 nitrogen and oxygen atoms in total. The van der Waals surface area contributed by atoms with E-state index in [0.717, 1.165) is 19.0 Å². The second kappa shape index (κ2) is 6.37. The van der Waals surface area contributed by atoms with Crippen LogP contribution in [0.15, 0.2) is 23.5 Å². The Balaban J connectivity index is 1.77. The molecule has 0 radical (unpaired) electrons. The van der Waals surface area contributed by atoms with Gasteiger partial charge in [0.05, 0.1) is 0 Å². The van der Waals surface area contributed by atoms with Crippen molar-refractivity contribution in [1.82, 2.24) is 15.2 Å². The molecule has 2 heterocycles. The van der Waals surface area contributed by atoms with Crippen LogP contribution >= 0.6 is 11.8 Å². The van der Waals surface area contributed by atoms with Gasteiger partial charge in [-0.05, 0) is 37.1 Å². The van der Waals surface area contributed by atoms with Gasteiger partial charge in [-0.25, -0.2) is 0 Å². The lowest BCUT2D eigenvalue weighted by molar-refractivity contribution is 0.584. The van der Waals surface area contributed by atoms with E-state index in [9.17, 15) is 0 Å². The van der Waals surface area contributed by atoms with E-state index in [-0.39, 0.29) is 0 Å². The minimum absolute atomic E-state index is 0.365. The molecule has 2 rings (SSSR count). The quantitative estimate of drug-likeness (QED) is 0.654. The molecule has 0 aliphatic carbocycles. The Kier molecular flexibility index (Phi) is 4.80. The van der Waals surface area contributed by atoms with Gasteiger partial charge in [0, 0.05) is 44.3 Å². The molecule has 1 aliphatic rings. The maximum absolute atomic E-state index is 4.28. The van der Waals surface area contributed by atoms with E-state index in [2.05, 4.69) is 57.3 Å². The first-order valence-corrected chi connectivity index (χ1v) is 7.79. The molecule has 0 saturated carbocycles. The van der Waals surface area contributed by atoms with E-state index < -0.39 is 0 Å². The zero-order valence-corrected chi connectivity index (χ0v) is 12.9. The number of rotatable bonds is 4. The molecule has 1 aromatic heterocycles. The minimum atomic E-state index is 0.365. The van der Waals surface area contributed by atoms with Gasteiger partial charge in [-0.3, -0.25) is 4.99 Å². The molecule has 2 N–H and O–H groups in total. The highest BCUT2D eigenvalue weighted by atomic mass is 32.2. The molecule has 19 heavy (non-hydrogen) atoms. The molecule has 5 heteroatoms. The monoisotopic (exact) mass is 280 g/mol. The first kappa shape index (κ1) is 14.3. The molecule has 1 atom stereocenters. The number of nitrogens with zero attached hydrogens (tertiary/aromatic N) is 2.